The average Bonchev–Trinajstić information content (AvgIpc) is 2.97. The van der Waals surface area contributed by atoms with Crippen molar-refractivity contribution in [1.29, 1.82) is 0 Å². The van der Waals surface area contributed by atoms with Gasteiger partial charge >= 0.3 is 0 Å². The summed E-state index contributed by atoms with van der Waals surface area (Å²) in [5.74, 6) is 0.451. The molecule has 4 nitrogen and oxygen atoms in total. The minimum absolute atomic E-state index is 0.0652. The Morgan fingerprint density at radius 3 is 2.66 bits per heavy atom. The molecule has 1 amide bonds. The van der Waals surface area contributed by atoms with Gasteiger partial charge in [-0.3, -0.25) is 9.69 Å². The summed E-state index contributed by atoms with van der Waals surface area (Å²) in [5, 5.41) is -0.0652. The number of hydrogen-bond donors (Lipinski definition) is 0. The summed E-state index contributed by atoms with van der Waals surface area (Å²) >= 11 is 12.4. The number of thioether (sulfide) groups is 1. The second-order valence-electron chi connectivity index (χ2n) is 6.10. The molecule has 1 saturated heterocycles. The molecule has 0 spiro atoms. The molecule has 0 unspecified atom stereocenters. The number of nitrogens with zero attached hydrogens (tertiary/aromatic N) is 1. The van der Waals surface area contributed by atoms with Gasteiger partial charge in [0.1, 0.15) is 5.82 Å². The maximum absolute atomic E-state index is 13.4. The number of rotatable bonds is 7. The Bertz CT molecular complexity index is 980. The molecule has 0 bridgehead atoms. The van der Waals surface area contributed by atoms with E-state index in [2.05, 4.69) is 0 Å². The molecule has 1 fully saturated rings. The predicted octanol–water partition coefficient (Wildman–Crippen LogP) is 6.07. The van der Waals surface area contributed by atoms with E-state index in [1.54, 1.807) is 6.08 Å². The van der Waals surface area contributed by atoms with Crippen LogP contribution in [0.3, 0.4) is 0 Å². The fourth-order valence-electron chi connectivity index (χ4n) is 2.68. The van der Waals surface area contributed by atoms with Gasteiger partial charge in [-0.1, -0.05) is 48.6 Å². The zero-order chi connectivity index (χ0) is 21.0. The molecule has 3 rings (SSSR count). The van der Waals surface area contributed by atoms with E-state index in [1.165, 1.54) is 34.9 Å². The van der Waals surface area contributed by atoms with Gasteiger partial charge in [-0.15, -0.1) is 0 Å². The summed E-state index contributed by atoms with van der Waals surface area (Å²) in [6.45, 7) is 5.03. The number of thiocarbonyl (C=S) groups is 1. The smallest absolute Gasteiger partial charge is 0.270 e. The summed E-state index contributed by atoms with van der Waals surface area (Å²) < 4.78 is 25.2. The number of anilines is 1. The summed E-state index contributed by atoms with van der Waals surface area (Å²) in [4.78, 5) is 14.7. The molecule has 0 saturated carbocycles. The maximum Gasteiger partial charge on any atom is 0.270 e. The van der Waals surface area contributed by atoms with E-state index in [4.69, 9.17) is 33.3 Å². The molecule has 1 heterocycles. The third kappa shape index (κ3) is 4.91. The largest absolute Gasteiger partial charge is 0.490 e. The number of carbonyl (C=O) groups is 1. The number of halogens is 2. The maximum atomic E-state index is 13.4. The van der Waals surface area contributed by atoms with Crippen molar-refractivity contribution < 1.29 is 18.7 Å². The Labute approximate surface area is 183 Å². The van der Waals surface area contributed by atoms with Gasteiger partial charge in [-0.25, -0.2) is 4.39 Å². The highest BCUT2D eigenvalue weighted by Gasteiger charge is 2.33. The van der Waals surface area contributed by atoms with Crippen LogP contribution in [-0.4, -0.2) is 23.4 Å². The first-order chi connectivity index (χ1) is 13.9. The number of benzene rings is 2. The third-order valence-corrected chi connectivity index (χ3v) is 5.57. The van der Waals surface area contributed by atoms with Gasteiger partial charge in [0, 0.05) is 0 Å². The van der Waals surface area contributed by atoms with Crippen molar-refractivity contribution in [2.75, 3.05) is 18.1 Å². The molecule has 1 aliphatic rings. The Balaban J connectivity index is 1.88. The molecule has 0 radical (unpaired) electrons. The van der Waals surface area contributed by atoms with Crippen molar-refractivity contribution >= 4 is 57.6 Å². The Kier molecular flexibility index (Phi) is 7.16. The molecule has 0 atom stereocenters. The molecule has 1 aliphatic heterocycles. The lowest BCUT2D eigenvalue weighted by molar-refractivity contribution is -0.113. The number of amides is 1. The van der Waals surface area contributed by atoms with Crippen LogP contribution >= 0.6 is 35.6 Å². The van der Waals surface area contributed by atoms with Crippen molar-refractivity contribution in [3.05, 3.63) is 57.7 Å². The summed E-state index contributed by atoms with van der Waals surface area (Å²) in [6, 6.07) is 9.58. The lowest BCUT2D eigenvalue weighted by Crippen LogP contribution is -2.27. The van der Waals surface area contributed by atoms with Crippen molar-refractivity contribution in [1.82, 2.24) is 0 Å². The molecule has 29 heavy (non-hydrogen) atoms. The molecule has 0 N–H and O–H groups in total. The summed E-state index contributed by atoms with van der Waals surface area (Å²) in [6.07, 6.45) is 2.64. The van der Waals surface area contributed by atoms with E-state index >= 15 is 0 Å². The van der Waals surface area contributed by atoms with Crippen molar-refractivity contribution in [3.63, 3.8) is 0 Å². The van der Waals surface area contributed by atoms with Gasteiger partial charge in [0.05, 0.1) is 28.8 Å². The summed E-state index contributed by atoms with van der Waals surface area (Å²) in [5.41, 5.74) is 1.22. The van der Waals surface area contributed by atoms with Gasteiger partial charge in [0.15, 0.2) is 15.8 Å². The van der Waals surface area contributed by atoms with Crippen LogP contribution in [0.5, 0.6) is 11.5 Å². The van der Waals surface area contributed by atoms with Crippen LogP contribution in [0, 0.1) is 5.82 Å². The van der Waals surface area contributed by atoms with Gasteiger partial charge in [-0.2, -0.15) is 0 Å². The topological polar surface area (TPSA) is 38.8 Å². The fourth-order valence-corrected chi connectivity index (χ4v) is 4.15. The highest BCUT2D eigenvalue weighted by Crippen LogP contribution is 2.38. The first-order valence-corrected chi connectivity index (χ1v) is 10.7. The van der Waals surface area contributed by atoms with Crippen molar-refractivity contribution in [3.8, 4) is 11.5 Å². The second-order valence-corrected chi connectivity index (χ2v) is 8.19. The van der Waals surface area contributed by atoms with Gasteiger partial charge in [0.25, 0.3) is 5.91 Å². The molecular formula is C21H19ClFNO3S2. The minimum atomic E-state index is -0.551. The SMILES string of the molecule is CCCOc1ccc(/C=C2\SC(=S)N(c3ccc(F)c(Cl)c3)C2=O)cc1OCC. The second kappa shape index (κ2) is 9.61. The van der Waals surface area contributed by atoms with E-state index in [1.807, 2.05) is 32.0 Å². The van der Waals surface area contributed by atoms with Crippen LogP contribution in [0.15, 0.2) is 41.3 Å². The zero-order valence-corrected chi connectivity index (χ0v) is 18.3. The minimum Gasteiger partial charge on any atom is -0.490 e. The van der Waals surface area contributed by atoms with Crippen LogP contribution < -0.4 is 14.4 Å². The van der Waals surface area contributed by atoms with E-state index in [9.17, 15) is 9.18 Å². The first kappa shape index (κ1) is 21.6. The fraction of sp³-hybridized carbons (Fsp3) is 0.238. The van der Waals surface area contributed by atoms with Gasteiger partial charge in [0.2, 0.25) is 0 Å². The van der Waals surface area contributed by atoms with Crippen LogP contribution in [0.1, 0.15) is 25.8 Å². The first-order valence-electron chi connectivity index (χ1n) is 9.07. The van der Waals surface area contributed by atoms with Crippen molar-refractivity contribution in [2.24, 2.45) is 0 Å². The average molecular weight is 452 g/mol. The van der Waals surface area contributed by atoms with Crippen LogP contribution in [0.4, 0.5) is 10.1 Å². The molecule has 2 aromatic carbocycles. The molecule has 2 aromatic rings. The number of ether oxygens (including phenoxy) is 2. The monoisotopic (exact) mass is 451 g/mol. The normalized spacial score (nSPS) is 15.3. The Morgan fingerprint density at radius 1 is 1.17 bits per heavy atom. The molecule has 8 heteroatoms. The third-order valence-electron chi connectivity index (χ3n) is 3.98. The molecule has 0 aliphatic carbocycles. The van der Waals surface area contributed by atoms with E-state index in [0.29, 0.717) is 39.6 Å². The highest BCUT2D eigenvalue weighted by atomic mass is 35.5. The Hall–Kier alpha value is -2.09. The quantitative estimate of drug-likeness (QED) is 0.377. The lowest BCUT2D eigenvalue weighted by Gasteiger charge is -2.15. The van der Waals surface area contributed by atoms with Crippen LogP contribution in [0.2, 0.25) is 5.02 Å². The summed E-state index contributed by atoms with van der Waals surface area (Å²) in [7, 11) is 0. The predicted molar refractivity (Wildman–Crippen MR) is 120 cm³/mol. The van der Waals surface area contributed by atoms with Crippen LogP contribution in [-0.2, 0) is 4.79 Å². The standard InChI is InChI=1S/C21H19ClFNO3S2/c1-3-9-27-17-8-5-13(10-18(17)26-4-2)11-19-20(25)24(21(28)29-19)14-6-7-16(23)15(22)12-14/h5-8,10-12H,3-4,9H2,1-2H3/b19-11-. The van der Waals surface area contributed by atoms with Crippen molar-refractivity contribution in [2.45, 2.75) is 20.3 Å². The van der Waals surface area contributed by atoms with Gasteiger partial charge < -0.3 is 9.47 Å². The number of hydrogen-bond acceptors (Lipinski definition) is 5. The molecule has 0 aromatic heterocycles. The zero-order valence-electron chi connectivity index (χ0n) is 15.9. The van der Waals surface area contributed by atoms with E-state index in [0.717, 1.165) is 12.0 Å². The molecule has 152 valence electrons. The lowest BCUT2D eigenvalue weighted by atomic mass is 10.1. The molecular weight excluding hydrogens is 433 g/mol. The highest BCUT2D eigenvalue weighted by molar-refractivity contribution is 8.27. The number of carbonyl (C=O) groups excluding carboxylic acids is 1. The van der Waals surface area contributed by atoms with E-state index < -0.39 is 5.82 Å². The van der Waals surface area contributed by atoms with E-state index in [-0.39, 0.29) is 10.9 Å². The van der Waals surface area contributed by atoms with Crippen LogP contribution in [0.25, 0.3) is 6.08 Å². The Morgan fingerprint density at radius 2 is 1.97 bits per heavy atom. The van der Waals surface area contributed by atoms with Gasteiger partial charge in [-0.05, 0) is 55.3 Å².